The predicted molar refractivity (Wildman–Crippen MR) is 134 cm³/mol. The molecule has 0 saturated carbocycles. The topological polar surface area (TPSA) is 79.9 Å². The predicted octanol–water partition coefficient (Wildman–Crippen LogP) is 3.71. The number of carbonyl (C=O) groups is 2. The van der Waals surface area contributed by atoms with Crippen LogP contribution in [0.5, 0.6) is 11.5 Å². The number of ether oxygens (including phenoxy) is 2. The van der Waals surface area contributed by atoms with Gasteiger partial charge in [0.2, 0.25) is 5.91 Å². The van der Waals surface area contributed by atoms with Crippen LogP contribution in [0.3, 0.4) is 0 Å². The van der Waals surface area contributed by atoms with Gasteiger partial charge in [-0.15, -0.1) is 0 Å². The van der Waals surface area contributed by atoms with Crippen LogP contribution in [0.25, 0.3) is 0 Å². The van der Waals surface area contributed by atoms with Crippen molar-refractivity contribution in [2.75, 3.05) is 49.7 Å². The smallest absolute Gasteiger partial charge is 0.251 e. The second-order valence-electron chi connectivity index (χ2n) is 7.80. The maximum Gasteiger partial charge on any atom is 0.251 e. The molecule has 0 aliphatic carbocycles. The molecule has 2 N–H and O–H groups in total. The highest BCUT2D eigenvalue weighted by Crippen LogP contribution is 2.28. The summed E-state index contributed by atoms with van der Waals surface area (Å²) in [5.74, 6) is 2.84. The highest BCUT2D eigenvalue weighted by atomic mass is 32.2. The van der Waals surface area contributed by atoms with E-state index in [0.29, 0.717) is 30.3 Å². The van der Waals surface area contributed by atoms with Crippen molar-refractivity contribution in [2.24, 2.45) is 0 Å². The number of aryl methyl sites for hydroxylation is 1. The summed E-state index contributed by atoms with van der Waals surface area (Å²) in [6.07, 6.45) is 0. The Morgan fingerprint density at radius 2 is 1.73 bits per heavy atom. The van der Waals surface area contributed by atoms with Crippen molar-refractivity contribution in [1.29, 1.82) is 0 Å². The third kappa shape index (κ3) is 7.40. The fourth-order valence-corrected chi connectivity index (χ4v) is 4.61. The molecule has 0 aromatic heterocycles. The number of carbonyl (C=O) groups excluding carboxylic acids is 2. The van der Waals surface area contributed by atoms with E-state index in [1.807, 2.05) is 38.6 Å². The van der Waals surface area contributed by atoms with Crippen LogP contribution in [0, 0.1) is 6.92 Å². The quantitative estimate of drug-likeness (QED) is 0.550. The zero-order valence-electron chi connectivity index (χ0n) is 19.6. The molecule has 0 unspecified atom stereocenters. The summed E-state index contributed by atoms with van der Waals surface area (Å²) in [6, 6.07) is 11.1. The van der Waals surface area contributed by atoms with Gasteiger partial charge in [-0.2, -0.15) is 11.8 Å². The van der Waals surface area contributed by atoms with E-state index in [4.69, 9.17) is 9.47 Å². The van der Waals surface area contributed by atoms with Gasteiger partial charge >= 0.3 is 0 Å². The molecule has 2 aromatic carbocycles. The molecule has 178 valence electrons. The zero-order valence-corrected chi connectivity index (χ0v) is 20.4. The molecule has 8 heteroatoms. The number of nitrogens with zero attached hydrogens (tertiary/aromatic N) is 1. The normalized spacial score (nSPS) is 13.9. The van der Waals surface area contributed by atoms with Crippen molar-refractivity contribution in [1.82, 2.24) is 10.2 Å². The van der Waals surface area contributed by atoms with Crippen LogP contribution < -0.4 is 20.1 Å². The van der Waals surface area contributed by atoms with Crippen LogP contribution in [-0.2, 0) is 11.3 Å². The summed E-state index contributed by atoms with van der Waals surface area (Å²) >= 11 is 2.00. The molecule has 0 spiro atoms. The number of amides is 2. The minimum Gasteiger partial charge on any atom is -0.490 e. The maximum absolute atomic E-state index is 12.5. The molecular weight excluding hydrogens is 438 g/mol. The lowest BCUT2D eigenvalue weighted by Crippen LogP contribution is -2.33. The standard InChI is InChI=1S/C25H33N3O4S/c1-4-31-22-9-7-20(15-23(22)32-5-2)25(30)26-16-24(29)27-21-8-6-19(14-18(21)3)17-28-10-12-33-13-11-28/h6-9,14-15H,4-5,10-13,16-17H2,1-3H3,(H,26,30)(H,27,29). The molecule has 33 heavy (non-hydrogen) atoms. The molecule has 2 aromatic rings. The third-order valence-corrected chi connectivity index (χ3v) is 6.23. The number of rotatable bonds is 10. The molecule has 2 amide bonds. The highest BCUT2D eigenvalue weighted by Gasteiger charge is 2.14. The Hall–Kier alpha value is -2.71. The summed E-state index contributed by atoms with van der Waals surface area (Å²) in [5.41, 5.74) is 3.41. The van der Waals surface area contributed by atoms with E-state index in [9.17, 15) is 9.59 Å². The minimum absolute atomic E-state index is 0.122. The lowest BCUT2D eigenvalue weighted by Gasteiger charge is -2.26. The average molecular weight is 472 g/mol. The first kappa shape index (κ1) is 24.9. The second kappa shape index (κ2) is 12.5. The van der Waals surface area contributed by atoms with Crippen LogP contribution in [0.2, 0.25) is 0 Å². The van der Waals surface area contributed by atoms with Crippen molar-refractivity contribution in [3.63, 3.8) is 0 Å². The molecule has 7 nitrogen and oxygen atoms in total. The fourth-order valence-electron chi connectivity index (χ4n) is 3.63. The van der Waals surface area contributed by atoms with E-state index in [0.717, 1.165) is 30.9 Å². The first-order valence-corrected chi connectivity index (χ1v) is 12.5. The Labute approximate surface area is 200 Å². The van der Waals surface area contributed by atoms with Gasteiger partial charge in [-0.1, -0.05) is 12.1 Å². The zero-order chi connectivity index (χ0) is 23.6. The van der Waals surface area contributed by atoms with Gasteiger partial charge in [-0.25, -0.2) is 0 Å². The Balaban J connectivity index is 1.53. The second-order valence-corrected chi connectivity index (χ2v) is 9.02. The van der Waals surface area contributed by atoms with E-state index >= 15 is 0 Å². The van der Waals surface area contributed by atoms with Gasteiger partial charge in [-0.05, 0) is 56.2 Å². The molecule has 1 heterocycles. The molecule has 1 saturated heterocycles. The van der Waals surface area contributed by atoms with E-state index in [2.05, 4.69) is 27.7 Å². The fraction of sp³-hybridized carbons (Fsp3) is 0.440. The van der Waals surface area contributed by atoms with Crippen molar-refractivity contribution in [3.05, 3.63) is 53.1 Å². The highest BCUT2D eigenvalue weighted by molar-refractivity contribution is 7.99. The van der Waals surface area contributed by atoms with Crippen LogP contribution in [0.1, 0.15) is 35.3 Å². The first-order chi connectivity index (χ1) is 16.0. The number of thioether (sulfide) groups is 1. The monoisotopic (exact) mass is 471 g/mol. The van der Waals surface area contributed by atoms with Crippen LogP contribution in [0.4, 0.5) is 5.69 Å². The van der Waals surface area contributed by atoms with E-state index in [-0.39, 0.29) is 18.4 Å². The average Bonchev–Trinajstić information content (AvgIpc) is 2.81. The van der Waals surface area contributed by atoms with Gasteiger partial charge in [0.05, 0.1) is 19.8 Å². The van der Waals surface area contributed by atoms with Gasteiger partial charge < -0.3 is 20.1 Å². The number of nitrogens with one attached hydrogen (secondary N) is 2. The Morgan fingerprint density at radius 1 is 1.00 bits per heavy atom. The Bertz CT molecular complexity index is 961. The van der Waals surface area contributed by atoms with E-state index in [1.54, 1.807) is 18.2 Å². The van der Waals surface area contributed by atoms with Crippen molar-refractivity contribution < 1.29 is 19.1 Å². The molecular formula is C25H33N3O4S. The lowest BCUT2D eigenvalue weighted by molar-refractivity contribution is -0.115. The third-order valence-electron chi connectivity index (χ3n) is 5.29. The minimum atomic E-state index is -0.346. The van der Waals surface area contributed by atoms with Crippen molar-refractivity contribution in [2.45, 2.75) is 27.3 Å². The molecule has 1 aliphatic heterocycles. The Kier molecular flexibility index (Phi) is 9.45. The van der Waals surface area contributed by atoms with Gasteiger partial charge in [0.1, 0.15) is 0 Å². The van der Waals surface area contributed by atoms with Crippen LogP contribution >= 0.6 is 11.8 Å². The largest absolute Gasteiger partial charge is 0.490 e. The van der Waals surface area contributed by atoms with Gasteiger partial charge in [0, 0.05) is 42.4 Å². The first-order valence-electron chi connectivity index (χ1n) is 11.4. The summed E-state index contributed by atoms with van der Waals surface area (Å²) in [4.78, 5) is 27.4. The van der Waals surface area contributed by atoms with E-state index < -0.39 is 0 Å². The van der Waals surface area contributed by atoms with E-state index in [1.165, 1.54) is 17.1 Å². The summed E-state index contributed by atoms with van der Waals surface area (Å²) < 4.78 is 11.1. The van der Waals surface area contributed by atoms with Gasteiger partial charge in [0.15, 0.2) is 11.5 Å². The number of anilines is 1. The maximum atomic E-state index is 12.5. The SMILES string of the molecule is CCOc1ccc(C(=O)NCC(=O)Nc2ccc(CN3CCSCC3)cc2C)cc1OCC. The molecule has 1 aliphatic rings. The van der Waals surface area contributed by atoms with Crippen molar-refractivity contribution >= 4 is 29.3 Å². The molecule has 3 rings (SSSR count). The lowest BCUT2D eigenvalue weighted by atomic mass is 10.1. The van der Waals surface area contributed by atoms with Crippen LogP contribution in [0.15, 0.2) is 36.4 Å². The summed E-state index contributed by atoms with van der Waals surface area (Å²) in [7, 11) is 0. The number of hydrogen-bond donors (Lipinski definition) is 2. The molecule has 0 radical (unpaired) electrons. The molecule has 1 fully saturated rings. The van der Waals surface area contributed by atoms with Crippen molar-refractivity contribution in [3.8, 4) is 11.5 Å². The van der Waals surface area contributed by atoms with Gasteiger partial charge in [-0.3, -0.25) is 14.5 Å². The molecule has 0 atom stereocenters. The Morgan fingerprint density at radius 3 is 2.42 bits per heavy atom. The number of hydrogen-bond acceptors (Lipinski definition) is 6. The molecule has 0 bridgehead atoms. The summed E-state index contributed by atoms with van der Waals surface area (Å²) in [6.45, 7) is 9.74. The van der Waals surface area contributed by atoms with Crippen LogP contribution in [-0.4, -0.2) is 61.1 Å². The van der Waals surface area contributed by atoms with Gasteiger partial charge in [0.25, 0.3) is 5.91 Å². The number of benzene rings is 2. The summed E-state index contributed by atoms with van der Waals surface area (Å²) in [5, 5.41) is 5.56.